The fraction of sp³-hybridized carbons (Fsp3) is 0.200. The number of halogens is 3. The zero-order valence-electron chi connectivity index (χ0n) is 13.1. The Morgan fingerprint density at radius 1 is 1.12 bits per heavy atom. The molecule has 6 nitrogen and oxygen atoms in total. The third-order valence-corrected chi connectivity index (χ3v) is 7.33. The van der Waals surface area contributed by atoms with Gasteiger partial charge in [0.1, 0.15) is 16.5 Å². The van der Waals surface area contributed by atoms with Crippen LogP contribution in [0.5, 0.6) is 0 Å². The molecule has 3 rings (SSSR count). The minimum absolute atomic E-state index is 0.0256. The van der Waals surface area contributed by atoms with Crippen molar-refractivity contribution >= 4 is 43.0 Å². The maximum absolute atomic E-state index is 13.7. The topological polar surface area (TPSA) is 83.6 Å². The van der Waals surface area contributed by atoms with E-state index in [1.165, 1.54) is 22.5 Å². The van der Waals surface area contributed by atoms with Crippen molar-refractivity contribution in [3.63, 3.8) is 0 Å². The first-order chi connectivity index (χ1) is 12.1. The number of nitrogens with zero attached hydrogens (tertiary/aromatic N) is 1. The van der Waals surface area contributed by atoms with Gasteiger partial charge in [-0.05, 0) is 42.8 Å². The van der Waals surface area contributed by atoms with Gasteiger partial charge in [0.2, 0.25) is 10.0 Å². The number of sulfonamides is 2. The molecular weight excluding hydrogens is 410 g/mol. The zero-order chi connectivity index (χ0) is 19.1. The summed E-state index contributed by atoms with van der Waals surface area (Å²) in [7, 11) is -7.84. The molecule has 1 aliphatic rings. The first kappa shape index (κ1) is 18.9. The molecular formula is C15H13ClF2N2O4S2. The SMILES string of the molecule is O=S(=O)(Nc1ccc(N2CCCS2(=O)=O)cc1Cl)c1cc(F)ccc1F. The normalized spacial score (nSPS) is 16.7. The predicted molar refractivity (Wildman–Crippen MR) is 94.4 cm³/mol. The van der Waals surface area contributed by atoms with Crippen LogP contribution in [-0.2, 0) is 20.0 Å². The molecule has 0 spiro atoms. The monoisotopic (exact) mass is 422 g/mol. The second kappa shape index (κ2) is 6.67. The van der Waals surface area contributed by atoms with Crippen LogP contribution in [0.1, 0.15) is 6.42 Å². The van der Waals surface area contributed by atoms with Gasteiger partial charge in [-0.15, -0.1) is 0 Å². The number of rotatable bonds is 4. The molecule has 1 aliphatic heterocycles. The van der Waals surface area contributed by atoms with Gasteiger partial charge in [0.05, 0.1) is 22.2 Å². The molecule has 0 unspecified atom stereocenters. The van der Waals surface area contributed by atoms with Gasteiger partial charge in [-0.25, -0.2) is 25.6 Å². The maximum atomic E-state index is 13.7. The van der Waals surface area contributed by atoms with Gasteiger partial charge in [-0.2, -0.15) is 0 Å². The fourth-order valence-electron chi connectivity index (χ4n) is 2.55. The van der Waals surface area contributed by atoms with E-state index in [4.69, 9.17) is 11.6 Å². The molecule has 0 aromatic heterocycles. The molecule has 0 aliphatic carbocycles. The highest BCUT2D eigenvalue weighted by molar-refractivity contribution is 7.93. The van der Waals surface area contributed by atoms with E-state index in [1.54, 1.807) is 0 Å². The van der Waals surface area contributed by atoms with E-state index in [0.717, 1.165) is 6.07 Å². The zero-order valence-corrected chi connectivity index (χ0v) is 15.5. The second-order valence-electron chi connectivity index (χ2n) is 5.59. The molecule has 0 saturated carbocycles. The summed E-state index contributed by atoms with van der Waals surface area (Å²) >= 11 is 6.05. The number of anilines is 2. The molecule has 0 radical (unpaired) electrons. The molecule has 0 bridgehead atoms. The summed E-state index contributed by atoms with van der Waals surface area (Å²) in [5.41, 5.74) is 0.211. The highest BCUT2D eigenvalue weighted by Crippen LogP contribution is 2.32. The van der Waals surface area contributed by atoms with Gasteiger partial charge in [0.25, 0.3) is 10.0 Å². The van der Waals surface area contributed by atoms with Crippen LogP contribution in [0.4, 0.5) is 20.2 Å². The van der Waals surface area contributed by atoms with Crippen molar-refractivity contribution in [3.8, 4) is 0 Å². The summed E-state index contributed by atoms with van der Waals surface area (Å²) in [5.74, 6) is -2.00. The van der Waals surface area contributed by atoms with Crippen LogP contribution >= 0.6 is 11.6 Å². The van der Waals surface area contributed by atoms with Crippen molar-refractivity contribution in [1.82, 2.24) is 0 Å². The Morgan fingerprint density at radius 2 is 1.85 bits per heavy atom. The number of hydrogen-bond acceptors (Lipinski definition) is 4. The lowest BCUT2D eigenvalue weighted by Crippen LogP contribution is -2.25. The molecule has 2 aromatic carbocycles. The minimum Gasteiger partial charge on any atom is -0.278 e. The van der Waals surface area contributed by atoms with Gasteiger partial charge in [-0.1, -0.05) is 11.6 Å². The van der Waals surface area contributed by atoms with Crippen LogP contribution in [0.3, 0.4) is 0 Å². The van der Waals surface area contributed by atoms with Crippen LogP contribution in [0.2, 0.25) is 5.02 Å². The van der Waals surface area contributed by atoms with E-state index < -0.39 is 36.6 Å². The highest BCUT2D eigenvalue weighted by Gasteiger charge is 2.29. The first-order valence-corrected chi connectivity index (χ1v) is 10.8. The van der Waals surface area contributed by atoms with Crippen molar-refractivity contribution in [2.24, 2.45) is 0 Å². The molecule has 11 heteroatoms. The lowest BCUT2D eigenvalue weighted by molar-refractivity contribution is 0.555. The minimum atomic E-state index is -4.43. The Hall–Kier alpha value is -1.91. The molecule has 1 heterocycles. The van der Waals surface area contributed by atoms with Crippen LogP contribution in [0.25, 0.3) is 0 Å². The maximum Gasteiger partial charge on any atom is 0.264 e. The van der Waals surface area contributed by atoms with Crippen LogP contribution in [0, 0.1) is 11.6 Å². The van der Waals surface area contributed by atoms with Crippen molar-refractivity contribution in [2.45, 2.75) is 11.3 Å². The Labute approximate surface area is 154 Å². The Bertz CT molecular complexity index is 1080. The molecule has 2 aromatic rings. The molecule has 1 N–H and O–H groups in total. The fourth-order valence-corrected chi connectivity index (χ4v) is 5.56. The second-order valence-corrected chi connectivity index (χ2v) is 9.66. The quantitative estimate of drug-likeness (QED) is 0.821. The molecule has 140 valence electrons. The third kappa shape index (κ3) is 3.62. The van der Waals surface area contributed by atoms with Gasteiger partial charge >= 0.3 is 0 Å². The number of hydrogen-bond donors (Lipinski definition) is 1. The average Bonchev–Trinajstić information content (AvgIpc) is 2.91. The predicted octanol–water partition coefficient (Wildman–Crippen LogP) is 2.96. The van der Waals surface area contributed by atoms with Crippen molar-refractivity contribution in [2.75, 3.05) is 21.3 Å². The lowest BCUT2D eigenvalue weighted by atomic mass is 10.3. The summed E-state index contributed by atoms with van der Waals surface area (Å²) < 4.78 is 78.7. The van der Waals surface area contributed by atoms with E-state index in [1.807, 2.05) is 0 Å². The van der Waals surface area contributed by atoms with Gasteiger partial charge in [0.15, 0.2) is 0 Å². The van der Waals surface area contributed by atoms with Crippen LogP contribution in [-0.4, -0.2) is 29.1 Å². The number of nitrogens with one attached hydrogen (secondary N) is 1. The summed E-state index contributed by atoms with van der Waals surface area (Å²) in [4.78, 5) is -0.861. The Balaban J connectivity index is 1.92. The molecule has 0 atom stereocenters. The van der Waals surface area contributed by atoms with Crippen molar-refractivity contribution in [1.29, 1.82) is 0 Å². The van der Waals surface area contributed by atoms with Gasteiger partial charge in [0, 0.05) is 6.54 Å². The van der Waals surface area contributed by atoms with E-state index in [9.17, 15) is 25.6 Å². The van der Waals surface area contributed by atoms with E-state index in [-0.39, 0.29) is 16.5 Å². The molecule has 1 saturated heterocycles. The van der Waals surface area contributed by atoms with Crippen LogP contribution < -0.4 is 9.03 Å². The smallest absolute Gasteiger partial charge is 0.264 e. The van der Waals surface area contributed by atoms with E-state index >= 15 is 0 Å². The van der Waals surface area contributed by atoms with Gasteiger partial charge in [-0.3, -0.25) is 9.03 Å². The molecule has 26 heavy (non-hydrogen) atoms. The first-order valence-electron chi connectivity index (χ1n) is 7.38. The van der Waals surface area contributed by atoms with E-state index in [0.29, 0.717) is 30.8 Å². The lowest BCUT2D eigenvalue weighted by Gasteiger charge is -2.18. The highest BCUT2D eigenvalue weighted by atomic mass is 35.5. The number of benzene rings is 2. The summed E-state index contributed by atoms with van der Waals surface area (Å²) in [6.45, 7) is 0.304. The third-order valence-electron chi connectivity index (χ3n) is 3.77. The molecule has 0 amide bonds. The Kier molecular flexibility index (Phi) is 4.84. The van der Waals surface area contributed by atoms with E-state index in [2.05, 4.69) is 4.72 Å². The summed E-state index contributed by atoms with van der Waals surface area (Å²) in [5, 5.41) is -0.0787. The largest absolute Gasteiger partial charge is 0.278 e. The van der Waals surface area contributed by atoms with Gasteiger partial charge < -0.3 is 0 Å². The summed E-state index contributed by atoms with van der Waals surface area (Å²) in [6.07, 6.45) is 0.479. The molecule has 1 fully saturated rings. The average molecular weight is 423 g/mol. The Morgan fingerprint density at radius 3 is 2.46 bits per heavy atom. The van der Waals surface area contributed by atoms with Crippen LogP contribution in [0.15, 0.2) is 41.3 Å². The summed E-state index contributed by atoms with van der Waals surface area (Å²) in [6, 6.07) is 6.00. The standard InChI is InChI=1S/C15H13ClF2N2O4S2/c16-12-9-11(20-6-1-7-25(20,21)22)3-5-14(12)19-26(23,24)15-8-10(17)2-4-13(15)18/h2-5,8-9,19H,1,6-7H2. The van der Waals surface area contributed by atoms with Crippen molar-refractivity contribution in [3.05, 3.63) is 53.1 Å². The van der Waals surface area contributed by atoms with Crippen molar-refractivity contribution < 1.29 is 25.6 Å².